The molecule has 0 fully saturated rings. The van der Waals surface area contributed by atoms with E-state index in [0.717, 1.165) is 16.0 Å². The van der Waals surface area contributed by atoms with E-state index in [1.165, 1.54) is 11.3 Å². The fourth-order valence-electron chi connectivity index (χ4n) is 2.70. The summed E-state index contributed by atoms with van der Waals surface area (Å²) in [4.78, 5) is 4.98. The SMILES string of the molecule is CS(=O)C(c1ccccc1)(c1ccccc1)c1scnc1Cl. The van der Waals surface area contributed by atoms with E-state index in [-0.39, 0.29) is 0 Å². The van der Waals surface area contributed by atoms with E-state index in [1.54, 1.807) is 11.8 Å². The molecule has 5 heteroatoms. The quantitative estimate of drug-likeness (QED) is 0.697. The smallest absolute Gasteiger partial charge is 0.145 e. The summed E-state index contributed by atoms with van der Waals surface area (Å²) >= 11 is 7.77. The van der Waals surface area contributed by atoms with Crippen LogP contribution in [-0.4, -0.2) is 15.4 Å². The average Bonchev–Trinajstić information content (AvgIpc) is 2.97. The molecule has 112 valence electrons. The summed E-state index contributed by atoms with van der Waals surface area (Å²) in [5, 5.41) is 0.410. The average molecular weight is 348 g/mol. The van der Waals surface area contributed by atoms with Crippen molar-refractivity contribution in [1.29, 1.82) is 0 Å². The third kappa shape index (κ3) is 2.41. The minimum Gasteiger partial charge on any atom is -0.258 e. The third-order valence-corrected chi connectivity index (χ3v) is 6.65. The maximum atomic E-state index is 12.9. The van der Waals surface area contributed by atoms with E-state index < -0.39 is 15.5 Å². The molecule has 0 bridgehead atoms. The summed E-state index contributed by atoms with van der Waals surface area (Å²) < 4.78 is 12.1. The van der Waals surface area contributed by atoms with Gasteiger partial charge < -0.3 is 0 Å². The van der Waals surface area contributed by atoms with Gasteiger partial charge in [-0.15, -0.1) is 11.3 Å². The summed E-state index contributed by atoms with van der Waals surface area (Å²) in [6.07, 6.45) is 1.72. The minimum absolute atomic E-state index is 0.410. The van der Waals surface area contributed by atoms with Gasteiger partial charge >= 0.3 is 0 Å². The van der Waals surface area contributed by atoms with Crippen molar-refractivity contribution in [1.82, 2.24) is 4.98 Å². The predicted octanol–water partition coefficient (Wildman–Crippen LogP) is 4.47. The number of hydrogen-bond acceptors (Lipinski definition) is 3. The molecule has 0 aliphatic heterocycles. The number of nitrogens with zero attached hydrogens (tertiary/aromatic N) is 1. The van der Waals surface area contributed by atoms with Crippen LogP contribution in [0.4, 0.5) is 0 Å². The lowest BCUT2D eigenvalue weighted by atomic mass is 9.89. The van der Waals surface area contributed by atoms with Crippen LogP contribution in [0.25, 0.3) is 0 Å². The molecule has 0 saturated carbocycles. The van der Waals surface area contributed by atoms with Crippen molar-refractivity contribution in [3.05, 3.63) is 87.3 Å². The van der Waals surface area contributed by atoms with Gasteiger partial charge in [-0.25, -0.2) is 4.98 Å². The van der Waals surface area contributed by atoms with Crippen LogP contribution in [0.5, 0.6) is 0 Å². The molecule has 0 spiro atoms. The highest BCUT2D eigenvalue weighted by molar-refractivity contribution is 7.86. The van der Waals surface area contributed by atoms with Crippen LogP contribution < -0.4 is 0 Å². The van der Waals surface area contributed by atoms with E-state index >= 15 is 0 Å². The number of aromatic nitrogens is 1. The Kier molecular flexibility index (Phi) is 4.43. The summed E-state index contributed by atoms with van der Waals surface area (Å²) in [5.74, 6) is 0. The third-order valence-electron chi connectivity index (χ3n) is 3.64. The van der Waals surface area contributed by atoms with Gasteiger partial charge in [-0.3, -0.25) is 4.21 Å². The Hall–Kier alpha value is -1.49. The normalized spacial score (nSPS) is 13.0. The molecule has 22 heavy (non-hydrogen) atoms. The van der Waals surface area contributed by atoms with Gasteiger partial charge in [0.2, 0.25) is 0 Å². The lowest BCUT2D eigenvalue weighted by molar-refractivity contribution is 0.669. The Morgan fingerprint density at radius 1 is 1.00 bits per heavy atom. The molecule has 0 amide bonds. The molecule has 0 saturated heterocycles. The van der Waals surface area contributed by atoms with E-state index in [0.29, 0.717) is 5.15 Å². The van der Waals surface area contributed by atoms with Crippen LogP contribution in [0.3, 0.4) is 0 Å². The summed E-state index contributed by atoms with van der Waals surface area (Å²) in [6.45, 7) is 0. The Labute approximate surface area is 141 Å². The van der Waals surface area contributed by atoms with Crippen molar-refractivity contribution in [2.75, 3.05) is 6.26 Å². The number of benzene rings is 2. The highest BCUT2D eigenvalue weighted by Gasteiger charge is 2.43. The Morgan fingerprint density at radius 2 is 1.50 bits per heavy atom. The molecule has 1 unspecified atom stereocenters. The van der Waals surface area contributed by atoms with Crippen molar-refractivity contribution in [3.8, 4) is 0 Å². The van der Waals surface area contributed by atoms with Crippen LogP contribution in [0.2, 0.25) is 5.15 Å². The maximum absolute atomic E-state index is 12.9. The molecule has 0 radical (unpaired) electrons. The zero-order chi connectivity index (χ0) is 15.6. The van der Waals surface area contributed by atoms with Gasteiger partial charge in [0.1, 0.15) is 9.90 Å². The first-order chi connectivity index (χ1) is 10.7. The molecule has 1 atom stereocenters. The Morgan fingerprint density at radius 3 is 1.86 bits per heavy atom. The lowest BCUT2D eigenvalue weighted by Crippen LogP contribution is -2.33. The second kappa shape index (κ2) is 6.32. The van der Waals surface area contributed by atoms with Crippen molar-refractivity contribution in [3.63, 3.8) is 0 Å². The zero-order valence-electron chi connectivity index (χ0n) is 11.9. The Bertz CT molecular complexity index is 747. The first-order valence-corrected chi connectivity index (χ1v) is 9.53. The molecule has 1 heterocycles. The standard InChI is InChI=1S/C17H14ClNOS2/c1-22(20)17(13-8-4-2-5-9-13,14-10-6-3-7-11-14)15-16(18)19-12-21-15/h2-12H,1H3. The fraction of sp³-hybridized carbons (Fsp3) is 0.118. The number of rotatable bonds is 4. The second-order valence-electron chi connectivity index (χ2n) is 4.84. The highest BCUT2D eigenvalue weighted by atomic mass is 35.5. The van der Waals surface area contributed by atoms with Crippen molar-refractivity contribution >= 4 is 33.7 Å². The molecule has 2 nitrogen and oxygen atoms in total. The first kappa shape index (κ1) is 15.4. The molecule has 3 rings (SSSR count). The minimum atomic E-state index is -1.22. The largest absolute Gasteiger partial charge is 0.258 e. The summed E-state index contributed by atoms with van der Waals surface area (Å²) in [6, 6.07) is 19.7. The summed E-state index contributed by atoms with van der Waals surface area (Å²) in [7, 11) is -1.22. The second-order valence-corrected chi connectivity index (χ2v) is 7.57. The topological polar surface area (TPSA) is 30.0 Å². The van der Waals surface area contributed by atoms with E-state index in [9.17, 15) is 4.21 Å². The molecule has 1 aromatic heterocycles. The molecule has 2 aromatic carbocycles. The monoisotopic (exact) mass is 347 g/mol. The van der Waals surface area contributed by atoms with Crippen LogP contribution in [-0.2, 0) is 15.5 Å². The lowest BCUT2D eigenvalue weighted by Gasteiger charge is -2.32. The zero-order valence-corrected chi connectivity index (χ0v) is 14.3. The van der Waals surface area contributed by atoms with E-state index in [4.69, 9.17) is 11.6 Å². The van der Waals surface area contributed by atoms with Crippen LogP contribution in [0.15, 0.2) is 66.2 Å². The molecular weight excluding hydrogens is 334 g/mol. The maximum Gasteiger partial charge on any atom is 0.145 e. The highest BCUT2D eigenvalue weighted by Crippen LogP contribution is 2.46. The molecular formula is C17H14ClNOS2. The first-order valence-electron chi connectivity index (χ1n) is 6.71. The van der Waals surface area contributed by atoms with Crippen LogP contribution >= 0.6 is 22.9 Å². The van der Waals surface area contributed by atoms with E-state index in [1.807, 2.05) is 60.7 Å². The predicted molar refractivity (Wildman–Crippen MR) is 94.0 cm³/mol. The van der Waals surface area contributed by atoms with E-state index in [2.05, 4.69) is 4.98 Å². The van der Waals surface area contributed by atoms with Gasteiger partial charge in [-0.05, 0) is 11.1 Å². The molecule has 0 aliphatic rings. The van der Waals surface area contributed by atoms with Gasteiger partial charge in [0, 0.05) is 17.1 Å². The number of thiazole rings is 1. The van der Waals surface area contributed by atoms with Gasteiger partial charge in [0.05, 0.1) is 10.4 Å². The number of halogens is 1. The van der Waals surface area contributed by atoms with Gasteiger partial charge in [0.15, 0.2) is 0 Å². The van der Waals surface area contributed by atoms with Crippen LogP contribution in [0, 0.1) is 0 Å². The van der Waals surface area contributed by atoms with Gasteiger partial charge in [0.25, 0.3) is 0 Å². The fourth-order valence-corrected chi connectivity index (χ4v) is 5.74. The molecule has 0 N–H and O–H groups in total. The van der Waals surface area contributed by atoms with Crippen molar-refractivity contribution in [2.45, 2.75) is 4.75 Å². The van der Waals surface area contributed by atoms with Crippen LogP contribution in [0.1, 0.15) is 16.0 Å². The molecule has 0 aliphatic carbocycles. The molecule has 3 aromatic rings. The Balaban J connectivity index is 2.40. The van der Waals surface area contributed by atoms with Crippen molar-refractivity contribution in [2.24, 2.45) is 0 Å². The summed E-state index contributed by atoms with van der Waals surface area (Å²) in [5.41, 5.74) is 3.60. The van der Waals surface area contributed by atoms with Crippen molar-refractivity contribution < 1.29 is 4.21 Å². The van der Waals surface area contributed by atoms with Gasteiger partial charge in [-0.2, -0.15) is 0 Å². The number of hydrogen-bond donors (Lipinski definition) is 0. The van der Waals surface area contributed by atoms with Gasteiger partial charge in [-0.1, -0.05) is 72.3 Å².